The number of halogens is 1. The lowest BCUT2D eigenvalue weighted by Crippen LogP contribution is -2.35. The first-order valence-electron chi connectivity index (χ1n) is 7.48. The SMILES string of the molecule is C=CCN(CC=C)C(=O)CNc1cc2c(cc1Cl)OCCCO2. The van der Waals surface area contributed by atoms with Crippen LogP contribution in [-0.4, -0.2) is 43.7 Å². The van der Waals surface area contributed by atoms with Gasteiger partial charge in [0.1, 0.15) is 0 Å². The second-order valence-electron chi connectivity index (χ2n) is 5.06. The van der Waals surface area contributed by atoms with Crippen LogP contribution in [-0.2, 0) is 4.79 Å². The zero-order valence-electron chi connectivity index (χ0n) is 13.0. The molecule has 0 bridgehead atoms. The summed E-state index contributed by atoms with van der Waals surface area (Å²) in [6, 6.07) is 3.47. The monoisotopic (exact) mass is 336 g/mol. The van der Waals surface area contributed by atoms with Crippen LogP contribution in [0.25, 0.3) is 0 Å². The Bertz CT molecular complexity index is 579. The van der Waals surface area contributed by atoms with Crippen LogP contribution in [0, 0.1) is 0 Å². The lowest BCUT2D eigenvalue weighted by molar-refractivity contribution is -0.128. The molecular weight excluding hydrogens is 316 g/mol. The van der Waals surface area contributed by atoms with Gasteiger partial charge in [-0.1, -0.05) is 23.8 Å². The number of ether oxygens (including phenoxy) is 2. The Kier molecular flexibility index (Phi) is 6.35. The van der Waals surface area contributed by atoms with E-state index in [9.17, 15) is 4.79 Å². The average Bonchev–Trinajstić information content (AvgIpc) is 2.77. The first-order valence-corrected chi connectivity index (χ1v) is 7.86. The molecule has 0 spiro atoms. The third-order valence-corrected chi connectivity index (χ3v) is 3.63. The molecule has 1 aliphatic heterocycles. The van der Waals surface area contributed by atoms with E-state index in [1.165, 1.54) is 0 Å². The molecule has 5 nitrogen and oxygen atoms in total. The van der Waals surface area contributed by atoms with Crippen molar-refractivity contribution >= 4 is 23.2 Å². The van der Waals surface area contributed by atoms with Gasteiger partial charge in [-0.2, -0.15) is 0 Å². The van der Waals surface area contributed by atoms with Crippen LogP contribution in [0.15, 0.2) is 37.4 Å². The summed E-state index contributed by atoms with van der Waals surface area (Å²) in [4.78, 5) is 13.9. The Morgan fingerprint density at radius 1 is 1.22 bits per heavy atom. The fourth-order valence-electron chi connectivity index (χ4n) is 2.19. The average molecular weight is 337 g/mol. The van der Waals surface area contributed by atoms with E-state index >= 15 is 0 Å². The summed E-state index contributed by atoms with van der Waals surface area (Å²) in [5.74, 6) is 1.20. The summed E-state index contributed by atoms with van der Waals surface area (Å²) in [6.07, 6.45) is 4.19. The summed E-state index contributed by atoms with van der Waals surface area (Å²) < 4.78 is 11.2. The van der Waals surface area contributed by atoms with Gasteiger partial charge in [-0.3, -0.25) is 4.79 Å². The molecular formula is C17H21ClN2O3. The largest absolute Gasteiger partial charge is 0.490 e. The van der Waals surface area contributed by atoms with Crippen molar-refractivity contribution < 1.29 is 14.3 Å². The van der Waals surface area contributed by atoms with Gasteiger partial charge >= 0.3 is 0 Å². The number of nitrogens with one attached hydrogen (secondary N) is 1. The molecule has 0 unspecified atom stereocenters. The normalized spacial score (nSPS) is 12.9. The number of fused-ring (bicyclic) bond motifs is 1. The van der Waals surface area contributed by atoms with Crippen LogP contribution in [0.1, 0.15) is 6.42 Å². The lowest BCUT2D eigenvalue weighted by Gasteiger charge is -2.20. The fourth-order valence-corrected chi connectivity index (χ4v) is 2.41. The highest BCUT2D eigenvalue weighted by atomic mass is 35.5. The second-order valence-corrected chi connectivity index (χ2v) is 5.47. The maximum Gasteiger partial charge on any atom is 0.242 e. The highest BCUT2D eigenvalue weighted by Crippen LogP contribution is 2.37. The summed E-state index contributed by atoms with van der Waals surface area (Å²) in [5, 5.41) is 3.54. The highest BCUT2D eigenvalue weighted by molar-refractivity contribution is 6.33. The predicted octanol–water partition coefficient (Wildman–Crippen LogP) is 3.11. The number of amides is 1. The summed E-state index contributed by atoms with van der Waals surface area (Å²) in [5.41, 5.74) is 0.640. The number of anilines is 1. The molecule has 0 saturated carbocycles. The maximum absolute atomic E-state index is 12.2. The zero-order chi connectivity index (χ0) is 16.7. The van der Waals surface area contributed by atoms with E-state index in [1.54, 1.807) is 29.2 Å². The van der Waals surface area contributed by atoms with E-state index in [0.29, 0.717) is 48.5 Å². The van der Waals surface area contributed by atoms with Crippen molar-refractivity contribution in [2.75, 3.05) is 38.2 Å². The van der Waals surface area contributed by atoms with Crippen LogP contribution in [0.3, 0.4) is 0 Å². The van der Waals surface area contributed by atoms with E-state index in [-0.39, 0.29) is 12.5 Å². The predicted molar refractivity (Wildman–Crippen MR) is 92.5 cm³/mol. The second kappa shape index (κ2) is 8.48. The van der Waals surface area contributed by atoms with Crippen molar-refractivity contribution in [2.24, 2.45) is 0 Å². The molecule has 0 radical (unpaired) electrons. The van der Waals surface area contributed by atoms with Gasteiger partial charge in [-0.05, 0) is 0 Å². The van der Waals surface area contributed by atoms with Crippen molar-refractivity contribution in [3.63, 3.8) is 0 Å². The van der Waals surface area contributed by atoms with Gasteiger partial charge < -0.3 is 19.7 Å². The minimum absolute atomic E-state index is 0.0621. The maximum atomic E-state index is 12.2. The summed E-state index contributed by atoms with van der Waals surface area (Å²) in [6.45, 7) is 9.58. The number of carbonyl (C=O) groups is 1. The van der Waals surface area contributed by atoms with E-state index in [1.807, 2.05) is 0 Å². The van der Waals surface area contributed by atoms with Crippen molar-refractivity contribution in [1.29, 1.82) is 0 Å². The topological polar surface area (TPSA) is 50.8 Å². The van der Waals surface area contributed by atoms with Gasteiger partial charge in [-0.15, -0.1) is 13.2 Å². The molecule has 124 valence electrons. The lowest BCUT2D eigenvalue weighted by atomic mass is 10.2. The number of benzene rings is 1. The summed E-state index contributed by atoms with van der Waals surface area (Å²) in [7, 11) is 0. The number of hydrogen-bond donors (Lipinski definition) is 1. The molecule has 1 amide bonds. The number of rotatable bonds is 7. The molecule has 1 N–H and O–H groups in total. The first-order chi connectivity index (χ1) is 11.2. The van der Waals surface area contributed by atoms with Gasteiger partial charge in [0, 0.05) is 31.6 Å². The van der Waals surface area contributed by atoms with Gasteiger partial charge in [-0.25, -0.2) is 0 Å². The number of nitrogens with zero attached hydrogens (tertiary/aromatic N) is 1. The van der Waals surface area contributed by atoms with E-state index in [0.717, 1.165) is 6.42 Å². The third kappa shape index (κ3) is 4.66. The van der Waals surface area contributed by atoms with Crippen LogP contribution in [0.2, 0.25) is 5.02 Å². The van der Waals surface area contributed by atoms with Crippen LogP contribution in [0.4, 0.5) is 5.69 Å². The molecule has 0 aliphatic carbocycles. The minimum atomic E-state index is -0.0621. The molecule has 0 saturated heterocycles. The molecule has 1 heterocycles. The number of hydrogen-bond acceptors (Lipinski definition) is 4. The Morgan fingerprint density at radius 3 is 2.43 bits per heavy atom. The Morgan fingerprint density at radius 2 is 1.83 bits per heavy atom. The van der Waals surface area contributed by atoms with Crippen molar-refractivity contribution in [1.82, 2.24) is 4.90 Å². The molecule has 0 atom stereocenters. The minimum Gasteiger partial charge on any atom is -0.490 e. The molecule has 1 aromatic rings. The van der Waals surface area contributed by atoms with E-state index in [2.05, 4.69) is 18.5 Å². The molecule has 6 heteroatoms. The third-order valence-electron chi connectivity index (χ3n) is 3.32. The molecule has 0 fully saturated rings. The van der Waals surface area contributed by atoms with E-state index < -0.39 is 0 Å². The Hall–Kier alpha value is -2.14. The fraction of sp³-hybridized carbons (Fsp3) is 0.353. The Labute approximate surface area is 141 Å². The van der Waals surface area contributed by atoms with Gasteiger partial charge in [0.2, 0.25) is 5.91 Å². The van der Waals surface area contributed by atoms with E-state index in [4.69, 9.17) is 21.1 Å². The van der Waals surface area contributed by atoms with Crippen LogP contribution in [0.5, 0.6) is 11.5 Å². The van der Waals surface area contributed by atoms with Crippen molar-refractivity contribution in [3.05, 3.63) is 42.5 Å². The highest BCUT2D eigenvalue weighted by Gasteiger charge is 2.16. The van der Waals surface area contributed by atoms with Gasteiger partial charge in [0.05, 0.1) is 30.5 Å². The van der Waals surface area contributed by atoms with Crippen LogP contribution >= 0.6 is 11.6 Å². The number of carbonyl (C=O) groups excluding carboxylic acids is 1. The molecule has 1 aromatic carbocycles. The molecule has 2 rings (SSSR count). The summed E-state index contributed by atoms with van der Waals surface area (Å²) >= 11 is 6.24. The van der Waals surface area contributed by atoms with Crippen molar-refractivity contribution in [2.45, 2.75) is 6.42 Å². The molecule has 0 aromatic heterocycles. The van der Waals surface area contributed by atoms with Crippen LogP contribution < -0.4 is 14.8 Å². The van der Waals surface area contributed by atoms with Gasteiger partial charge in [0.15, 0.2) is 11.5 Å². The van der Waals surface area contributed by atoms with Gasteiger partial charge in [0.25, 0.3) is 0 Å². The Balaban J connectivity index is 2.05. The zero-order valence-corrected chi connectivity index (χ0v) is 13.8. The van der Waals surface area contributed by atoms with Crippen molar-refractivity contribution in [3.8, 4) is 11.5 Å². The first kappa shape index (κ1) is 17.2. The standard InChI is InChI=1S/C17H21ClN2O3/c1-3-6-20(7-4-2)17(21)12-19-14-11-16-15(10-13(14)18)22-8-5-9-23-16/h3-4,10-11,19H,1-2,5-9,12H2. The molecule has 1 aliphatic rings. The smallest absolute Gasteiger partial charge is 0.242 e. The quantitative estimate of drug-likeness (QED) is 0.777. The molecule has 23 heavy (non-hydrogen) atoms.